The van der Waals surface area contributed by atoms with Crippen LogP contribution < -0.4 is 10.6 Å². The summed E-state index contributed by atoms with van der Waals surface area (Å²) in [6.45, 7) is 0.413. The molecule has 2 aromatic rings. The van der Waals surface area contributed by atoms with Crippen LogP contribution in [0.4, 0.5) is 5.00 Å². The number of aliphatic carboxylic acids is 1. The maximum atomic E-state index is 13.0. The maximum absolute atomic E-state index is 13.0. The van der Waals surface area contributed by atoms with Crippen LogP contribution in [0.2, 0.25) is 0 Å². The molecule has 0 fully saturated rings. The molecule has 0 unspecified atom stereocenters. The molecule has 1 aromatic heterocycles. The van der Waals surface area contributed by atoms with Crippen LogP contribution in [0.25, 0.3) is 0 Å². The number of anilines is 1. The zero-order chi connectivity index (χ0) is 19.9. The van der Waals surface area contributed by atoms with Crippen molar-refractivity contribution in [3.05, 3.63) is 51.9 Å². The van der Waals surface area contributed by atoms with Gasteiger partial charge in [-0.15, -0.1) is 11.3 Å². The van der Waals surface area contributed by atoms with E-state index in [2.05, 4.69) is 10.6 Å². The van der Waals surface area contributed by atoms with Crippen molar-refractivity contribution in [3.63, 3.8) is 0 Å². The first-order valence-corrected chi connectivity index (χ1v) is 10.3. The van der Waals surface area contributed by atoms with Crippen molar-refractivity contribution < 1.29 is 19.5 Å². The molecule has 0 atom stereocenters. The number of carbonyl (C=O) groups excluding carboxylic acids is 2. The van der Waals surface area contributed by atoms with Crippen molar-refractivity contribution in [3.8, 4) is 0 Å². The van der Waals surface area contributed by atoms with Gasteiger partial charge in [-0.2, -0.15) is 0 Å². The van der Waals surface area contributed by atoms with Crippen molar-refractivity contribution >= 4 is 34.1 Å². The van der Waals surface area contributed by atoms with Gasteiger partial charge < -0.3 is 15.7 Å². The quantitative estimate of drug-likeness (QED) is 0.617. The van der Waals surface area contributed by atoms with Gasteiger partial charge in [0.05, 0.1) is 12.0 Å². The third-order valence-electron chi connectivity index (χ3n) is 4.76. The van der Waals surface area contributed by atoms with Crippen LogP contribution in [0.1, 0.15) is 58.5 Å². The summed E-state index contributed by atoms with van der Waals surface area (Å²) in [7, 11) is 0. The first kappa shape index (κ1) is 20.1. The number of carboxylic acids is 1. The van der Waals surface area contributed by atoms with E-state index in [1.807, 2.05) is 30.3 Å². The predicted molar refractivity (Wildman–Crippen MR) is 109 cm³/mol. The van der Waals surface area contributed by atoms with Crippen LogP contribution in [0, 0.1) is 0 Å². The molecular weight excluding hydrogens is 376 g/mol. The number of fused-ring (bicyclic) bond motifs is 1. The van der Waals surface area contributed by atoms with Gasteiger partial charge in [0, 0.05) is 17.8 Å². The lowest BCUT2D eigenvalue weighted by atomic mass is 10.0. The maximum Gasteiger partial charge on any atom is 0.303 e. The summed E-state index contributed by atoms with van der Waals surface area (Å²) < 4.78 is 0. The van der Waals surface area contributed by atoms with Crippen LogP contribution in [0.3, 0.4) is 0 Å². The number of carboxylic acid groups (broad SMARTS) is 1. The number of carbonyl (C=O) groups is 3. The number of hydrogen-bond acceptors (Lipinski definition) is 4. The highest BCUT2D eigenvalue weighted by molar-refractivity contribution is 7.17. The molecule has 6 nitrogen and oxygen atoms in total. The van der Waals surface area contributed by atoms with Crippen molar-refractivity contribution in [2.24, 2.45) is 0 Å². The van der Waals surface area contributed by atoms with E-state index >= 15 is 0 Å². The molecule has 0 spiro atoms. The minimum atomic E-state index is -1.02. The average molecular weight is 401 g/mol. The first-order chi connectivity index (χ1) is 13.5. The average Bonchev–Trinajstić information content (AvgIpc) is 2.85. The first-order valence-electron chi connectivity index (χ1n) is 9.53. The molecule has 1 heterocycles. The molecule has 0 aliphatic heterocycles. The van der Waals surface area contributed by atoms with E-state index in [1.165, 1.54) is 11.3 Å². The highest BCUT2D eigenvalue weighted by Gasteiger charge is 2.25. The van der Waals surface area contributed by atoms with Gasteiger partial charge in [0.15, 0.2) is 0 Å². The fraction of sp³-hybridized carbons (Fsp3) is 0.381. The minimum Gasteiger partial charge on any atom is -0.481 e. The Hall–Kier alpha value is -2.67. The highest BCUT2D eigenvalue weighted by Crippen LogP contribution is 2.37. The summed E-state index contributed by atoms with van der Waals surface area (Å²) in [5.74, 6) is -1.59. The Bertz CT molecular complexity index is 861. The fourth-order valence-corrected chi connectivity index (χ4v) is 4.65. The highest BCUT2D eigenvalue weighted by atomic mass is 32.1. The van der Waals surface area contributed by atoms with E-state index < -0.39 is 5.97 Å². The van der Waals surface area contributed by atoms with Crippen molar-refractivity contribution in [1.82, 2.24) is 5.32 Å². The Balaban J connectivity index is 1.80. The monoisotopic (exact) mass is 400 g/mol. The third kappa shape index (κ3) is 5.19. The molecule has 3 rings (SSSR count). The van der Waals surface area contributed by atoms with E-state index in [0.29, 0.717) is 17.1 Å². The van der Waals surface area contributed by atoms with Gasteiger partial charge in [-0.25, -0.2) is 0 Å². The normalized spacial score (nSPS) is 13.3. The molecule has 7 heteroatoms. The molecule has 28 heavy (non-hydrogen) atoms. The van der Waals surface area contributed by atoms with Crippen LogP contribution in [-0.4, -0.2) is 22.9 Å². The van der Waals surface area contributed by atoms with E-state index in [4.69, 9.17) is 5.11 Å². The van der Waals surface area contributed by atoms with Gasteiger partial charge >= 0.3 is 5.97 Å². The minimum absolute atomic E-state index is 0.108. The van der Waals surface area contributed by atoms with E-state index in [9.17, 15) is 14.4 Å². The summed E-state index contributed by atoms with van der Waals surface area (Å²) in [6.07, 6.45) is 4.62. The molecule has 1 aliphatic rings. The van der Waals surface area contributed by atoms with Gasteiger partial charge in [0.2, 0.25) is 5.91 Å². The molecule has 3 N–H and O–H groups in total. The van der Waals surface area contributed by atoms with Gasteiger partial charge in [0.25, 0.3) is 5.91 Å². The molecule has 0 saturated heterocycles. The third-order valence-corrected chi connectivity index (χ3v) is 5.97. The van der Waals surface area contributed by atoms with Crippen LogP contribution in [0.15, 0.2) is 30.3 Å². The molecule has 148 valence electrons. The van der Waals surface area contributed by atoms with Crippen LogP contribution >= 0.6 is 11.3 Å². The number of amides is 2. The Labute approximate surface area is 168 Å². The van der Waals surface area contributed by atoms with Crippen LogP contribution in [0.5, 0.6) is 0 Å². The Morgan fingerprint density at radius 2 is 1.75 bits per heavy atom. The number of hydrogen-bond donors (Lipinski definition) is 3. The summed E-state index contributed by atoms with van der Waals surface area (Å²) in [6, 6.07) is 9.67. The number of thiophene rings is 1. The fourth-order valence-electron chi connectivity index (χ4n) is 3.35. The van der Waals surface area contributed by atoms with E-state index in [-0.39, 0.29) is 24.7 Å². The number of aryl methyl sites for hydroxylation is 1. The lowest BCUT2D eigenvalue weighted by Gasteiger charge is -2.10. The second-order valence-corrected chi connectivity index (χ2v) is 7.98. The van der Waals surface area contributed by atoms with Crippen molar-refractivity contribution in [1.29, 1.82) is 0 Å². The lowest BCUT2D eigenvalue weighted by Crippen LogP contribution is -2.25. The van der Waals surface area contributed by atoms with Gasteiger partial charge in [-0.05, 0) is 36.8 Å². The lowest BCUT2D eigenvalue weighted by molar-refractivity contribution is -0.138. The van der Waals surface area contributed by atoms with Crippen molar-refractivity contribution in [2.45, 2.75) is 51.5 Å². The molecule has 1 aromatic carbocycles. The van der Waals surface area contributed by atoms with E-state index in [1.54, 1.807) is 0 Å². The Kier molecular flexibility index (Phi) is 6.81. The van der Waals surface area contributed by atoms with E-state index in [0.717, 1.165) is 48.1 Å². The summed E-state index contributed by atoms with van der Waals surface area (Å²) in [5, 5.41) is 15.0. The SMILES string of the molecule is O=C(O)CCC(=O)Nc1sc2c(c1C(=O)NCc1ccccc1)CCCCC2. The summed E-state index contributed by atoms with van der Waals surface area (Å²) >= 11 is 1.45. The predicted octanol–water partition coefficient (Wildman–Crippen LogP) is 3.75. The van der Waals surface area contributed by atoms with Crippen LogP contribution in [-0.2, 0) is 29.0 Å². The Morgan fingerprint density at radius 1 is 1.00 bits per heavy atom. The molecule has 0 bridgehead atoms. The Morgan fingerprint density at radius 3 is 2.50 bits per heavy atom. The number of benzene rings is 1. The van der Waals surface area contributed by atoms with Gasteiger partial charge in [-0.1, -0.05) is 36.8 Å². The number of nitrogens with one attached hydrogen (secondary N) is 2. The standard InChI is InChI=1S/C21H24N2O4S/c24-17(11-12-18(25)26)23-21-19(15-9-5-2-6-10-16(15)28-21)20(27)22-13-14-7-3-1-4-8-14/h1,3-4,7-8H,2,5-6,9-13H2,(H,22,27)(H,23,24)(H,25,26). The zero-order valence-corrected chi connectivity index (χ0v) is 16.4. The molecular formula is C21H24N2O4S. The molecule has 0 saturated carbocycles. The van der Waals surface area contributed by atoms with Crippen molar-refractivity contribution in [2.75, 3.05) is 5.32 Å². The zero-order valence-electron chi connectivity index (χ0n) is 15.6. The topological polar surface area (TPSA) is 95.5 Å². The number of rotatable bonds is 7. The molecule has 1 aliphatic carbocycles. The largest absolute Gasteiger partial charge is 0.481 e. The molecule has 2 amide bonds. The second kappa shape index (κ2) is 9.50. The second-order valence-electron chi connectivity index (χ2n) is 6.88. The molecule has 0 radical (unpaired) electrons. The summed E-state index contributed by atoms with van der Waals surface area (Å²) in [4.78, 5) is 37.0. The smallest absolute Gasteiger partial charge is 0.303 e. The summed E-state index contributed by atoms with van der Waals surface area (Å²) in [5.41, 5.74) is 2.58. The van der Waals surface area contributed by atoms with Gasteiger partial charge in [0.1, 0.15) is 5.00 Å². The van der Waals surface area contributed by atoms with Gasteiger partial charge in [-0.3, -0.25) is 14.4 Å².